The molecule has 4 fully saturated rings. The highest BCUT2D eigenvalue weighted by molar-refractivity contribution is 6.13. The molecule has 4 saturated heterocycles. The van der Waals surface area contributed by atoms with E-state index in [9.17, 15) is 50.1 Å². The van der Waals surface area contributed by atoms with Crippen molar-refractivity contribution in [1.29, 1.82) is 0 Å². The second-order valence-corrected chi connectivity index (χ2v) is 17.4. The van der Waals surface area contributed by atoms with Crippen molar-refractivity contribution in [3.63, 3.8) is 0 Å². The zero-order valence-corrected chi connectivity index (χ0v) is 36.1. The summed E-state index contributed by atoms with van der Waals surface area (Å²) in [6, 6.07) is 1.62. The van der Waals surface area contributed by atoms with E-state index in [1.54, 1.807) is 19.9 Å². The van der Waals surface area contributed by atoms with Crippen LogP contribution < -0.4 is 9.47 Å². The Kier molecular flexibility index (Phi) is 11.3. The number of aliphatic hydroxyl groups excluding tert-OH is 3. The Labute approximate surface area is 360 Å². The van der Waals surface area contributed by atoms with Gasteiger partial charge in [0.1, 0.15) is 35.1 Å². The number of aryl methyl sites for hydroxylation is 1. The number of benzene rings is 2. The van der Waals surface area contributed by atoms with Crippen LogP contribution in [0, 0.1) is 6.92 Å². The van der Waals surface area contributed by atoms with Crippen molar-refractivity contribution >= 4 is 28.3 Å². The number of methoxy groups -OCH3 is 3. The highest BCUT2D eigenvalue weighted by atomic mass is 16.9. The summed E-state index contributed by atoms with van der Waals surface area (Å²) < 4.78 is 67.0. The number of hydrogen-bond donors (Lipinski definition) is 7. The molecule has 348 valence electrons. The number of rotatable bonds is 11. The van der Waals surface area contributed by atoms with Crippen LogP contribution in [0.2, 0.25) is 0 Å². The first kappa shape index (κ1) is 45.9. The normalized spacial score (nSPS) is 41.6. The molecule has 0 aromatic heterocycles. The van der Waals surface area contributed by atoms with E-state index in [-0.39, 0.29) is 46.2 Å². The second kappa shape index (κ2) is 15.5. The van der Waals surface area contributed by atoms with Crippen molar-refractivity contribution in [3.05, 3.63) is 28.3 Å². The monoisotopic (exact) mass is 894 g/mol. The number of ketones is 2. The lowest BCUT2D eigenvalue weighted by Gasteiger charge is -2.55. The summed E-state index contributed by atoms with van der Waals surface area (Å²) in [5.74, 6) is -8.27. The molecule has 0 radical (unpaired) electrons. The van der Waals surface area contributed by atoms with Crippen molar-refractivity contribution < 1.29 is 102 Å². The molecule has 5 aliphatic heterocycles. The molecular weight excluding hydrogens is 840 g/mol. The quantitative estimate of drug-likeness (QED) is 0.116. The maximum absolute atomic E-state index is 14.1. The van der Waals surface area contributed by atoms with Gasteiger partial charge in [0.25, 0.3) is 11.6 Å². The van der Waals surface area contributed by atoms with Crippen molar-refractivity contribution in [2.45, 2.75) is 157 Å². The number of carbonyl (C=O) groups is 3. The predicted molar refractivity (Wildman–Crippen MR) is 207 cm³/mol. The molecule has 2 aromatic carbocycles. The smallest absolute Gasteiger partial charge is 0.303 e. The summed E-state index contributed by atoms with van der Waals surface area (Å²) in [6.45, 7) is 7.13. The Balaban J connectivity index is 1.29. The molecule has 8 rings (SSSR count). The fraction of sp³-hybridized carbons (Fsp3) is 0.690. The molecule has 21 nitrogen and oxygen atoms in total. The highest BCUT2D eigenvalue weighted by Gasteiger charge is 2.88. The number of hydrogen-bond acceptors (Lipinski definition) is 21. The van der Waals surface area contributed by atoms with E-state index in [2.05, 4.69) is 0 Å². The van der Waals surface area contributed by atoms with Crippen LogP contribution in [0.4, 0.5) is 0 Å². The summed E-state index contributed by atoms with van der Waals surface area (Å²) in [7, 11) is 3.78. The third-order valence-electron chi connectivity index (χ3n) is 13.5. The third-order valence-corrected chi connectivity index (χ3v) is 13.5. The molecule has 0 amide bonds. The number of carbonyl (C=O) groups excluding carboxylic acids is 3. The SMILES string of the molecule is COc1c2c(c(O)c3c4c(c(C)cc13)C1OC3(C(OC)OC)OC1C(OC1CC(O)C(O)(C(C)=O)C(C)O1)(O4)C3(O)CO)C(=O)C(O)CC2OC1CC(C)(O)C(OC(C)=O)C(C)O1. The molecule has 2 aromatic rings. The van der Waals surface area contributed by atoms with E-state index < -0.39 is 138 Å². The Morgan fingerprint density at radius 3 is 2.24 bits per heavy atom. The van der Waals surface area contributed by atoms with Gasteiger partial charge in [0.2, 0.25) is 11.9 Å². The standard InChI is InChI=1S/C42H54O21/c1-15-10-20-27(31(49)29-28(32(20)53-7)22(11-21(46)30(29)48)59-25-13-38(6,50)35(16(2)56-25)58-19(5)45)33-26(15)34-36-41(61-33,39(51,14-43)42(62-34,63-36)37(54-8)55-9)60-24-12-23(47)40(52,17(3)44)18(4)57-24/h10,16,18,21-25,34-37,43,46-47,49-52H,11-14H2,1-9H3. The minimum atomic E-state index is -2.80. The Bertz CT molecular complexity index is 2190. The van der Waals surface area contributed by atoms with Gasteiger partial charge < -0.3 is 87.9 Å². The van der Waals surface area contributed by atoms with Crippen molar-refractivity contribution in [3.8, 4) is 17.2 Å². The van der Waals surface area contributed by atoms with Gasteiger partial charge in [-0.2, -0.15) is 0 Å². The molecule has 15 atom stereocenters. The number of ether oxygens (including phenoxy) is 11. The van der Waals surface area contributed by atoms with Gasteiger partial charge in [0.15, 0.2) is 42.0 Å². The third kappa shape index (κ3) is 6.24. The Morgan fingerprint density at radius 2 is 1.67 bits per heavy atom. The van der Waals surface area contributed by atoms with Crippen molar-refractivity contribution in [2.24, 2.45) is 0 Å². The van der Waals surface area contributed by atoms with Gasteiger partial charge >= 0.3 is 5.97 Å². The van der Waals surface area contributed by atoms with Gasteiger partial charge in [-0.15, -0.1) is 0 Å². The van der Waals surface area contributed by atoms with Crippen LogP contribution in [-0.4, -0.2) is 165 Å². The molecule has 0 saturated carbocycles. The topological polar surface area (TPSA) is 294 Å². The number of fused-ring (bicyclic) bond motifs is 6. The average Bonchev–Trinajstić information content (AvgIpc) is 3.70. The molecule has 21 heteroatoms. The van der Waals surface area contributed by atoms with Crippen molar-refractivity contribution in [1.82, 2.24) is 0 Å². The van der Waals surface area contributed by atoms with Gasteiger partial charge in [-0.3, -0.25) is 14.4 Å². The minimum Gasteiger partial charge on any atom is -0.506 e. The molecule has 6 aliphatic rings. The lowest BCUT2D eigenvalue weighted by molar-refractivity contribution is -0.429. The lowest BCUT2D eigenvalue weighted by Crippen LogP contribution is -2.78. The first-order valence-corrected chi connectivity index (χ1v) is 20.5. The maximum atomic E-state index is 14.1. The van der Waals surface area contributed by atoms with E-state index in [0.717, 1.165) is 6.92 Å². The number of esters is 1. The van der Waals surface area contributed by atoms with Crippen LogP contribution in [0.3, 0.4) is 0 Å². The number of Topliss-reactive ketones (excluding diaryl/α,β-unsaturated/α-hetero) is 2. The Hall–Kier alpha value is -3.65. The average molecular weight is 895 g/mol. The van der Waals surface area contributed by atoms with Gasteiger partial charge in [0.05, 0.1) is 49.1 Å². The summed E-state index contributed by atoms with van der Waals surface area (Å²) >= 11 is 0. The molecule has 63 heavy (non-hydrogen) atoms. The molecule has 15 unspecified atom stereocenters. The number of aliphatic hydroxyl groups is 6. The van der Waals surface area contributed by atoms with E-state index in [1.807, 2.05) is 0 Å². The van der Waals surface area contributed by atoms with Crippen LogP contribution in [0.15, 0.2) is 6.07 Å². The fourth-order valence-electron chi connectivity index (χ4n) is 10.6. The number of aromatic hydroxyl groups is 1. The summed E-state index contributed by atoms with van der Waals surface area (Å²) in [6.07, 6.45) is -16.1. The largest absolute Gasteiger partial charge is 0.506 e. The minimum absolute atomic E-state index is 0.00178. The van der Waals surface area contributed by atoms with E-state index in [1.165, 1.54) is 42.1 Å². The van der Waals surface area contributed by atoms with Crippen LogP contribution >= 0.6 is 0 Å². The van der Waals surface area contributed by atoms with Crippen molar-refractivity contribution in [2.75, 3.05) is 27.9 Å². The maximum Gasteiger partial charge on any atom is 0.303 e. The van der Waals surface area contributed by atoms with Crippen LogP contribution in [0.1, 0.15) is 93.1 Å². The molecule has 2 bridgehead atoms. The molecule has 5 heterocycles. The lowest BCUT2D eigenvalue weighted by atomic mass is 9.75. The Morgan fingerprint density at radius 1 is 0.984 bits per heavy atom. The van der Waals surface area contributed by atoms with Gasteiger partial charge in [-0.1, -0.05) is 0 Å². The highest BCUT2D eigenvalue weighted by Crippen LogP contribution is 2.68. The fourth-order valence-corrected chi connectivity index (χ4v) is 10.6. The summed E-state index contributed by atoms with van der Waals surface area (Å²) in [4.78, 5) is 38.4. The van der Waals surface area contributed by atoms with E-state index in [4.69, 9.17) is 52.1 Å². The zero-order chi connectivity index (χ0) is 46.1. The first-order chi connectivity index (χ1) is 29.5. The van der Waals surface area contributed by atoms with E-state index in [0.29, 0.717) is 5.56 Å². The van der Waals surface area contributed by atoms with Gasteiger partial charge in [-0.05, 0) is 46.2 Å². The first-order valence-electron chi connectivity index (χ1n) is 20.5. The number of phenols is 1. The zero-order valence-electron chi connectivity index (χ0n) is 36.1. The molecule has 7 N–H and O–H groups in total. The number of phenolic OH excluding ortho intramolecular Hbond substituents is 1. The van der Waals surface area contributed by atoms with Crippen LogP contribution in [0.5, 0.6) is 17.2 Å². The predicted octanol–water partition coefficient (Wildman–Crippen LogP) is 0.115. The second-order valence-electron chi connectivity index (χ2n) is 17.4. The van der Waals surface area contributed by atoms with Crippen LogP contribution in [0.25, 0.3) is 10.8 Å². The van der Waals surface area contributed by atoms with Gasteiger partial charge in [0, 0.05) is 56.9 Å². The van der Waals surface area contributed by atoms with E-state index >= 15 is 0 Å². The summed E-state index contributed by atoms with van der Waals surface area (Å²) in [5.41, 5.74) is -6.47. The molecule has 0 spiro atoms. The molecular formula is C42H54O21. The van der Waals surface area contributed by atoms with Gasteiger partial charge in [-0.25, -0.2) is 0 Å². The molecule has 1 aliphatic carbocycles. The summed E-state index contributed by atoms with van der Waals surface area (Å²) in [5, 5.41) is 81.3. The van der Waals surface area contributed by atoms with Crippen LogP contribution in [-0.2, 0) is 52.2 Å².